The molecule has 0 saturated heterocycles. The molecule has 2 aliphatic rings. The van der Waals surface area contributed by atoms with Crippen LogP contribution in [0.15, 0.2) is 328 Å². The number of nitrogens with zero attached hydrogens (tertiary/aromatic N) is 4. The van der Waals surface area contributed by atoms with E-state index in [0.717, 1.165) is 45.5 Å². The van der Waals surface area contributed by atoms with Crippen LogP contribution in [0.2, 0.25) is 0 Å². The lowest BCUT2D eigenvalue weighted by Crippen LogP contribution is -2.26. The number of aromatic nitrogens is 2. The van der Waals surface area contributed by atoms with Gasteiger partial charge in [-0.2, -0.15) is 0 Å². The molecule has 2 aliphatic carbocycles. The number of para-hydroxylation sites is 6. The van der Waals surface area contributed by atoms with Crippen molar-refractivity contribution in [2.24, 2.45) is 0 Å². The van der Waals surface area contributed by atoms with Gasteiger partial charge in [0.15, 0.2) is 0 Å². The molecule has 19 rings (SSSR count). The van der Waals surface area contributed by atoms with Crippen molar-refractivity contribution in [2.75, 3.05) is 9.80 Å². The molecule has 0 bridgehead atoms. The van der Waals surface area contributed by atoms with Crippen molar-refractivity contribution in [2.45, 2.75) is 5.41 Å². The molecule has 0 unspecified atom stereocenters. The minimum absolute atomic E-state index is 0.688. The van der Waals surface area contributed by atoms with Gasteiger partial charge in [-0.1, -0.05) is 212 Å². The summed E-state index contributed by atoms with van der Waals surface area (Å²) in [5, 5.41) is 12.2. The molecule has 1 spiro atoms. The lowest BCUT2D eigenvalue weighted by molar-refractivity contribution is 0.809. The summed E-state index contributed by atoms with van der Waals surface area (Å²) in [5.74, 6) is 0. The first-order valence-electron chi connectivity index (χ1n) is 30.8. The molecule has 0 fully saturated rings. The second kappa shape index (κ2) is 19.1. The Balaban J connectivity index is 0.893. The highest BCUT2D eigenvalue weighted by molar-refractivity contribution is 6.24. The average Bonchev–Trinajstić information content (AvgIpc) is 1.49. The van der Waals surface area contributed by atoms with Crippen molar-refractivity contribution in [1.29, 1.82) is 0 Å². The van der Waals surface area contributed by atoms with Gasteiger partial charge in [0, 0.05) is 66.7 Å². The Morgan fingerprint density at radius 3 is 1.18 bits per heavy atom. The van der Waals surface area contributed by atoms with Gasteiger partial charge in [-0.3, -0.25) is 0 Å². The largest absolute Gasteiger partial charge is 0.310 e. The maximum atomic E-state index is 2.56. The maximum absolute atomic E-state index is 2.56. The van der Waals surface area contributed by atoms with E-state index in [-0.39, 0.29) is 0 Å². The van der Waals surface area contributed by atoms with Crippen LogP contribution in [0.3, 0.4) is 0 Å². The molecule has 4 nitrogen and oxygen atoms in total. The fourth-order valence-electron chi connectivity index (χ4n) is 16.0. The monoisotopic (exact) mass is 1130 g/mol. The SMILES string of the molecule is c1ccc(N(c2ccc3c4c(c5ccccc5c3c2)-c2cc(N(c3ccccc3)c3ccc5c(c3)c3ccccc3n5-c3ccccc3)c3ccccc3c2C42c3ccccc3-c3ccccc32)c2ccc3c(c2)c2ccccc2n3-c2ccccc2)cc1. The standard InChI is InChI=1S/C85H54N4/c1-5-25-55(26-6-1)86(60-46-49-79-72(52-60)66-37-19-23-43-77(66)88(79)57-29-9-3-10-30-57)59-45-48-70-71(51-59)62-33-13-15-39-68(62)82-74-54-81(65-36-14-16-40-69(65)83(74)85(84(70)82)75-41-21-17-34-63(75)64-35-18-22-42-76(64)85)87(56-27-7-2-8-28-56)61-47-50-80-73(53-61)67-38-20-24-44-78(67)89(80)58-31-11-4-12-32-58/h1-54H. The summed E-state index contributed by atoms with van der Waals surface area (Å²) >= 11 is 0. The zero-order valence-electron chi connectivity index (χ0n) is 48.5. The van der Waals surface area contributed by atoms with Crippen molar-refractivity contribution in [3.63, 3.8) is 0 Å². The summed E-state index contributed by atoms with van der Waals surface area (Å²) in [7, 11) is 0. The van der Waals surface area contributed by atoms with E-state index < -0.39 is 5.41 Å². The molecule has 4 heteroatoms. The van der Waals surface area contributed by atoms with Crippen molar-refractivity contribution < 1.29 is 0 Å². The van der Waals surface area contributed by atoms with E-state index in [4.69, 9.17) is 0 Å². The smallest absolute Gasteiger partial charge is 0.0737 e. The van der Waals surface area contributed by atoms with Crippen molar-refractivity contribution in [1.82, 2.24) is 9.13 Å². The van der Waals surface area contributed by atoms with Crippen LogP contribution in [0.25, 0.3) is 110 Å². The zero-order valence-corrected chi connectivity index (χ0v) is 48.5. The summed E-state index contributed by atoms with van der Waals surface area (Å²) in [4.78, 5) is 4.97. The molecular weight excluding hydrogens is 1080 g/mol. The molecule has 0 aliphatic heterocycles. The van der Waals surface area contributed by atoms with E-state index in [2.05, 4.69) is 347 Å². The fourth-order valence-corrected chi connectivity index (χ4v) is 16.0. The number of hydrogen-bond donors (Lipinski definition) is 0. The summed E-state index contributed by atoms with van der Waals surface area (Å²) in [6.45, 7) is 0. The van der Waals surface area contributed by atoms with Gasteiger partial charge in [0.25, 0.3) is 0 Å². The minimum atomic E-state index is -0.688. The molecule has 0 saturated carbocycles. The number of benzene rings is 15. The highest BCUT2D eigenvalue weighted by Crippen LogP contribution is 2.68. The fraction of sp³-hybridized carbons (Fsp3) is 0.0118. The summed E-state index contributed by atoms with van der Waals surface area (Å²) < 4.78 is 4.80. The van der Waals surface area contributed by atoms with E-state index in [1.165, 1.54) is 120 Å². The van der Waals surface area contributed by atoms with Crippen molar-refractivity contribution >= 4 is 110 Å². The Labute approximate surface area is 514 Å². The Hall–Kier alpha value is -11.7. The lowest BCUT2D eigenvalue weighted by Gasteiger charge is -2.34. The first-order chi connectivity index (χ1) is 44.2. The van der Waals surface area contributed by atoms with E-state index >= 15 is 0 Å². The number of hydrogen-bond acceptors (Lipinski definition) is 2. The zero-order chi connectivity index (χ0) is 58.3. The van der Waals surface area contributed by atoms with Crippen LogP contribution in [0.1, 0.15) is 22.3 Å². The minimum Gasteiger partial charge on any atom is -0.310 e. The normalized spacial score (nSPS) is 12.8. The molecule has 89 heavy (non-hydrogen) atoms. The Morgan fingerprint density at radius 1 is 0.225 bits per heavy atom. The van der Waals surface area contributed by atoms with E-state index in [1.807, 2.05) is 0 Å². The molecular formula is C85H54N4. The Morgan fingerprint density at radius 2 is 0.618 bits per heavy atom. The predicted octanol–water partition coefficient (Wildman–Crippen LogP) is 22.6. The van der Waals surface area contributed by atoms with Crippen molar-refractivity contribution in [3.05, 3.63) is 350 Å². The van der Waals surface area contributed by atoms with Gasteiger partial charge < -0.3 is 18.9 Å². The topological polar surface area (TPSA) is 16.3 Å². The lowest BCUT2D eigenvalue weighted by atomic mass is 9.68. The molecule has 0 radical (unpaired) electrons. The molecule has 0 amide bonds. The van der Waals surface area contributed by atoms with Gasteiger partial charge in [-0.15, -0.1) is 0 Å². The summed E-state index contributed by atoms with van der Waals surface area (Å²) in [6, 6.07) is 122. The van der Waals surface area contributed by atoms with Gasteiger partial charge >= 0.3 is 0 Å². The molecule has 2 heterocycles. The first kappa shape index (κ1) is 49.5. The second-order valence-electron chi connectivity index (χ2n) is 23.9. The average molecular weight is 1130 g/mol. The van der Waals surface area contributed by atoms with Crippen LogP contribution >= 0.6 is 0 Å². The molecule has 2 aromatic heterocycles. The number of anilines is 6. The molecule has 414 valence electrons. The summed E-state index contributed by atoms with van der Waals surface area (Å²) in [6.07, 6.45) is 0. The quantitative estimate of drug-likeness (QED) is 0.141. The maximum Gasteiger partial charge on any atom is 0.0737 e. The van der Waals surface area contributed by atoms with Crippen LogP contribution in [0.5, 0.6) is 0 Å². The van der Waals surface area contributed by atoms with Crippen LogP contribution < -0.4 is 9.80 Å². The van der Waals surface area contributed by atoms with Crippen LogP contribution in [-0.4, -0.2) is 9.13 Å². The van der Waals surface area contributed by atoms with Gasteiger partial charge in [0.1, 0.15) is 0 Å². The third-order valence-corrected chi connectivity index (χ3v) is 19.4. The highest BCUT2D eigenvalue weighted by atomic mass is 15.2. The van der Waals surface area contributed by atoms with Gasteiger partial charge in [0.05, 0.1) is 33.2 Å². The first-order valence-corrected chi connectivity index (χ1v) is 30.8. The third-order valence-electron chi connectivity index (χ3n) is 19.4. The Bertz CT molecular complexity index is 5700. The van der Waals surface area contributed by atoms with E-state index in [0.29, 0.717) is 0 Å². The van der Waals surface area contributed by atoms with E-state index in [1.54, 1.807) is 0 Å². The molecule has 17 aromatic rings. The van der Waals surface area contributed by atoms with Gasteiger partial charge in [0.2, 0.25) is 0 Å². The molecule has 15 aromatic carbocycles. The van der Waals surface area contributed by atoms with E-state index in [9.17, 15) is 0 Å². The van der Waals surface area contributed by atoms with Gasteiger partial charge in [-0.25, -0.2) is 0 Å². The Kier molecular flexibility index (Phi) is 10.7. The molecule has 0 N–H and O–H groups in total. The third kappa shape index (κ3) is 7.00. The highest BCUT2D eigenvalue weighted by Gasteiger charge is 2.54. The summed E-state index contributed by atoms with van der Waals surface area (Å²) in [5.41, 5.74) is 23.3. The van der Waals surface area contributed by atoms with Crippen molar-refractivity contribution in [3.8, 4) is 33.6 Å². The van der Waals surface area contributed by atoms with Gasteiger partial charge in [-0.05, 0) is 187 Å². The second-order valence-corrected chi connectivity index (χ2v) is 23.9. The number of rotatable bonds is 8. The number of fused-ring (bicyclic) bond motifs is 23. The predicted molar refractivity (Wildman–Crippen MR) is 373 cm³/mol. The molecule has 0 atom stereocenters. The van der Waals surface area contributed by atoms with Crippen LogP contribution in [0, 0.1) is 0 Å². The van der Waals surface area contributed by atoms with Crippen LogP contribution in [0.4, 0.5) is 34.1 Å². The van der Waals surface area contributed by atoms with Crippen LogP contribution in [-0.2, 0) is 5.41 Å².